The van der Waals surface area contributed by atoms with Crippen LogP contribution in [0, 0.1) is 5.92 Å². The summed E-state index contributed by atoms with van der Waals surface area (Å²) in [5.74, 6) is -0.610. The third kappa shape index (κ3) is 9.05. The number of ether oxygens (including phenoxy) is 2. The highest BCUT2D eigenvalue weighted by atomic mass is 79.9. The summed E-state index contributed by atoms with van der Waals surface area (Å²) in [6.45, 7) is 0.650. The zero-order valence-corrected chi connectivity index (χ0v) is 16.0. The van der Waals surface area contributed by atoms with Gasteiger partial charge in [0.25, 0.3) is 0 Å². The van der Waals surface area contributed by atoms with Crippen molar-refractivity contribution in [3.05, 3.63) is 57.5 Å². The molecule has 0 radical (unpaired) electrons. The molecule has 126 valence electrons. The molecule has 4 nitrogen and oxygen atoms in total. The second kappa shape index (κ2) is 11.6. The summed E-state index contributed by atoms with van der Waals surface area (Å²) in [7, 11) is 1.32. The molecule has 0 saturated carbocycles. The van der Waals surface area contributed by atoms with E-state index in [4.69, 9.17) is 4.74 Å². The first kappa shape index (κ1) is 20.1. The Bertz CT molecular complexity index is 525. The van der Waals surface area contributed by atoms with Crippen molar-refractivity contribution in [2.24, 2.45) is 5.92 Å². The van der Waals surface area contributed by atoms with E-state index in [1.807, 2.05) is 36.4 Å². The van der Waals surface area contributed by atoms with E-state index in [0.29, 0.717) is 13.0 Å². The summed E-state index contributed by atoms with van der Waals surface area (Å²) in [6.07, 6.45) is 4.66. The SMILES string of the molecule is COC(=O)/C=C/C[C@@H](C=C(Br)Br)[C@H](O)COCc1ccccc1. The van der Waals surface area contributed by atoms with E-state index >= 15 is 0 Å². The van der Waals surface area contributed by atoms with Crippen molar-refractivity contribution in [2.75, 3.05) is 13.7 Å². The first-order chi connectivity index (χ1) is 11.0. The predicted octanol–water partition coefficient (Wildman–Crippen LogP) is 3.93. The normalized spacial score (nSPS) is 13.6. The Morgan fingerprint density at radius 1 is 1.30 bits per heavy atom. The van der Waals surface area contributed by atoms with Crippen LogP contribution in [0.3, 0.4) is 0 Å². The number of aliphatic hydroxyl groups excluding tert-OH is 1. The van der Waals surface area contributed by atoms with Crippen LogP contribution in [0.2, 0.25) is 0 Å². The lowest BCUT2D eigenvalue weighted by Crippen LogP contribution is -2.24. The molecule has 0 unspecified atom stereocenters. The van der Waals surface area contributed by atoms with E-state index in [-0.39, 0.29) is 12.5 Å². The predicted molar refractivity (Wildman–Crippen MR) is 97.3 cm³/mol. The zero-order chi connectivity index (χ0) is 17.1. The average molecular weight is 448 g/mol. The van der Waals surface area contributed by atoms with Gasteiger partial charge in [-0.3, -0.25) is 0 Å². The average Bonchev–Trinajstić information content (AvgIpc) is 2.54. The molecule has 1 N–H and O–H groups in total. The van der Waals surface area contributed by atoms with Crippen LogP contribution >= 0.6 is 31.9 Å². The number of hydrogen-bond donors (Lipinski definition) is 1. The molecule has 0 heterocycles. The molecule has 0 aliphatic carbocycles. The van der Waals surface area contributed by atoms with Crippen LogP contribution in [0.15, 0.2) is 52.0 Å². The number of allylic oxidation sites excluding steroid dienone is 1. The van der Waals surface area contributed by atoms with Gasteiger partial charge in [0, 0.05) is 12.0 Å². The van der Waals surface area contributed by atoms with Gasteiger partial charge in [-0.25, -0.2) is 4.79 Å². The molecule has 0 fully saturated rings. The van der Waals surface area contributed by atoms with Gasteiger partial charge in [-0.1, -0.05) is 42.5 Å². The van der Waals surface area contributed by atoms with Crippen molar-refractivity contribution in [3.63, 3.8) is 0 Å². The number of halogens is 2. The van der Waals surface area contributed by atoms with Gasteiger partial charge in [0.15, 0.2) is 0 Å². The van der Waals surface area contributed by atoms with Crippen LogP contribution in [0.5, 0.6) is 0 Å². The van der Waals surface area contributed by atoms with E-state index in [9.17, 15) is 9.90 Å². The molecular formula is C17H20Br2O4. The van der Waals surface area contributed by atoms with Crippen LogP contribution in [0.1, 0.15) is 12.0 Å². The topological polar surface area (TPSA) is 55.8 Å². The summed E-state index contributed by atoms with van der Waals surface area (Å²) in [5.41, 5.74) is 1.05. The van der Waals surface area contributed by atoms with E-state index < -0.39 is 12.1 Å². The number of benzene rings is 1. The zero-order valence-electron chi connectivity index (χ0n) is 12.8. The van der Waals surface area contributed by atoms with Crippen LogP contribution in [-0.4, -0.2) is 30.9 Å². The maximum Gasteiger partial charge on any atom is 0.330 e. The lowest BCUT2D eigenvalue weighted by molar-refractivity contribution is -0.134. The highest BCUT2D eigenvalue weighted by Crippen LogP contribution is 2.22. The van der Waals surface area contributed by atoms with Crippen molar-refractivity contribution in [2.45, 2.75) is 19.1 Å². The second-order valence-corrected chi connectivity index (χ2v) is 7.62. The fourth-order valence-electron chi connectivity index (χ4n) is 1.88. The van der Waals surface area contributed by atoms with E-state index in [2.05, 4.69) is 36.6 Å². The monoisotopic (exact) mass is 446 g/mol. The van der Waals surface area contributed by atoms with Crippen molar-refractivity contribution >= 4 is 37.8 Å². The summed E-state index contributed by atoms with van der Waals surface area (Å²) in [6, 6.07) is 9.77. The molecule has 0 bridgehead atoms. The van der Waals surface area contributed by atoms with Crippen LogP contribution in [0.25, 0.3) is 0 Å². The minimum atomic E-state index is -0.689. The molecule has 0 spiro atoms. The first-order valence-corrected chi connectivity index (χ1v) is 8.68. The first-order valence-electron chi connectivity index (χ1n) is 7.10. The fourth-order valence-corrected chi connectivity index (χ4v) is 2.56. The van der Waals surface area contributed by atoms with E-state index in [0.717, 1.165) is 8.96 Å². The highest BCUT2D eigenvalue weighted by molar-refractivity contribution is 9.28. The lowest BCUT2D eigenvalue weighted by Gasteiger charge is -2.19. The number of aliphatic hydroxyl groups is 1. The molecule has 0 amide bonds. The summed E-state index contributed by atoms with van der Waals surface area (Å²) < 4.78 is 10.8. The Hall–Kier alpha value is -0.950. The van der Waals surface area contributed by atoms with Gasteiger partial charge in [0.1, 0.15) is 0 Å². The number of esters is 1. The Kier molecular flexibility index (Phi) is 10.1. The van der Waals surface area contributed by atoms with Crippen LogP contribution < -0.4 is 0 Å². The van der Waals surface area contributed by atoms with Gasteiger partial charge < -0.3 is 14.6 Å². The largest absolute Gasteiger partial charge is 0.466 e. The summed E-state index contributed by atoms with van der Waals surface area (Å²) >= 11 is 6.59. The van der Waals surface area contributed by atoms with E-state index in [1.165, 1.54) is 13.2 Å². The number of rotatable bonds is 9. The third-order valence-electron chi connectivity index (χ3n) is 3.10. The van der Waals surface area contributed by atoms with Crippen molar-refractivity contribution < 1.29 is 19.4 Å². The van der Waals surface area contributed by atoms with Crippen LogP contribution in [-0.2, 0) is 20.9 Å². The Labute approximate surface area is 153 Å². The maximum absolute atomic E-state index is 11.1. The minimum absolute atomic E-state index is 0.194. The fraction of sp³-hybridized carbons (Fsp3) is 0.353. The molecule has 1 rings (SSSR count). The molecule has 1 aromatic rings. The molecule has 1 aromatic carbocycles. The Balaban J connectivity index is 2.51. The van der Waals surface area contributed by atoms with Gasteiger partial charge in [0.2, 0.25) is 0 Å². The lowest BCUT2D eigenvalue weighted by atomic mass is 9.99. The van der Waals surface area contributed by atoms with Gasteiger partial charge in [-0.05, 0) is 43.8 Å². The van der Waals surface area contributed by atoms with Crippen molar-refractivity contribution in [1.82, 2.24) is 0 Å². The Morgan fingerprint density at radius 2 is 2.00 bits per heavy atom. The maximum atomic E-state index is 11.1. The van der Waals surface area contributed by atoms with Gasteiger partial charge in [-0.2, -0.15) is 0 Å². The number of carbonyl (C=O) groups excluding carboxylic acids is 1. The van der Waals surface area contributed by atoms with Gasteiger partial charge >= 0.3 is 5.97 Å². The standard InChI is InChI=1S/C17H20Br2O4/c1-22-17(21)9-5-8-14(10-16(18)19)15(20)12-23-11-13-6-3-2-4-7-13/h2-7,9-10,14-15,20H,8,11-12H2,1H3/b9-5+/t14-,15+/m0/s1. The smallest absolute Gasteiger partial charge is 0.330 e. The van der Waals surface area contributed by atoms with Crippen molar-refractivity contribution in [1.29, 1.82) is 0 Å². The quantitative estimate of drug-likeness (QED) is 0.460. The molecule has 0 saturated heterocycles. The number of methoxy groups -OCH3 is 1. The third-order valence-corrected chi connectivity index (χ3v) is 3.63. The molecular weight excluding hydrogens is 428 g/mol. The number of hydrogen-bond acceptors (Lipinski definition) is 4. The van der Waals surface area contributed by atoms with Gasteiger partial charge in [0.05, 0.1) is 29.8 Å². The van der Waals surface area contributed by atoms with Gasteiger partial charge in [-0.15, -0.1) is 0 Å². The molecule has 23 heavy (non-hydrogen) atoms. The van der Waals surface area contributed by atoms with Crippen molar-refractivity contribution in [3.8, 4) is 0 Å². The molecule has 0 aliphatic heterocycles. The summed E-state index contributed by atoms with van der Waals surface area (Å²) in [5, 5.41) is 10.3. The highest BCUT2D eigenvalue weighted by Gasteiger charge is 2.16. The van der Waals surface area contributed by atoms with E-state index in [1.54, 1.807) is 6.08 Å². The summed E-state index contributed by atoms with van der Waals surface area (Å²) in [4.78, 5) is 11.1. The Morgan fingerprint density at radius 3 is 2.61 bits per heavy atom. The number of carbonyl (C=O) groups is 1. The molecule has 0 aliphatic rings. The van der Waals surface area contributed by atoms with Crippen LogP contribution in [0.4, 0.5) is 0 Å². The molecule has 2 atom stereocenters. The second-order valence-electron chi connectivity index (χ2n) is 4.85. The minimum Gasteiger partial charge on any atom is -0.466 e. The molecule has 6 heteroatoms. The molecule has 0 aromatic heterocycles.